The van der Waals surface area contributed by atoms with Crippen molar-refractivity contribution in [1.82, 2.24) is 0 Å². The highest BCUT2D eigenvalue weighted by Crippen LogP contribution is 2.27. The van der Waals surface area contributed by atoms with E-state index in [1.54, 1.807) is 24.3 Å². The quantitative estimate of drug-likeness (QED) is 0.635. The predicted octanol–water partition coefficient (Wildman–Crippen LogP) is 3.95. The number of hydrogen-bond acceptors (Lipinski definition) is 4. The number of nitrogens with one attached hydrogen (secondary N) is 2. The van der Waals surface area contributed by atoms with Crippen molar-refractivity contribution in [2.24, 2.45) is 0 Å². The van der Waals surface area contributed by atoms with E-state index >= 15 is 0 Å². The number of anilines is 2. The van der Waals surface area contributed by atoms with Crippen LogP contribution in [0, 0.1) is 17.1 Å². The van der Waals surface area contributed by atoms with Gasteiger partial charge >= 0.3 is 0 Å². The molecule has 7 heteroatoms. The number of nitriles is 1. The Morgan fingerprint density at radius 3 is 2.71 bits per heavy atom. The Hall–Kier alpha value is -3.04. The number of rotatable bonds is 5. The van der Waals surface area contributed by atoms with Gasteiger partial charge in [0.1, 0.15) is 23.2 Å². The molecule has 5 nitrogen and oxygen atoms in total. The summed E-state index contributed by atoms with van der Waals surface area (Å²) in [5.74, 6) is -0.578. The summed E-state index contributed by atoms with van der Waals surface area (Å²) in [6.45, 7) is 0. The molecule has 0 aromatic heterocycles. The van der Waals surface area contributed by atoms with Gasteiger partial charge in [-0.15, -0.1) is 0 Å². The van der Waals surface area contributed by atoms with Crippen LogP contribution in [0.4, 0.5) is 15.8 Å². The minimum Gasteiger partial charge on any atom is -0.495 e. The molecule has 2 rings (SSSR count). The van der Waals surface area contributed by atoms with E-state index < -0.39 is 11.7 Å². The van der Waals surface area contributed by atoms with Gasteiger partial charge in [-0.25, -0.2) is 4.39 Å². The number of hydrogen-bond donors (Lipinski definition) is 2. The monoisotopic (exact) mass is 345 g/mol. The van der Waals surface area contributed by atoms with Crippen molar-refractivity contribution < 1.29 is 13.9 Å². The SMILES string of the molecule is COc1ccc(NC(=O)/C(C#N)=C\Nc2cccc(F)c2)cc1Cl. The third-order valence-corrected chi connectivity index (χ3v) is 3.28. The summed E-state index contributed by atoms with van der Waals surface area (Å²) in [4.78, 5) is 12.1. The zero-order valence-electron chi connectivity index (χ0n) is 12.6. The molecular weight excluding hydrogens is 333 g/mol. The zero-order valence-corrected chi connectivity index (χ0v) is 13.4. The van der Waals surface area contributed by atoms with Crippen molar-refractivity contribution >= 4 is 28.9 Å². The smallest absolute Gasteiger partial charge is 0.267 e. The molecule has 0 heterocycles. The first-order valence-electron chi connectivity index (χ1n) is 6.80. The Balaban J connectivity index is 2.10. The van der Waals surface area contributed by atoms with Crippen molar-refractivity contribution in [2.45, 2.75) is 0 Å². The minimum atomic E-state index is -0.623. The van der Waals surface area contributed by atoms with Gasteiger partial charge in [0, 0.05) is 17.6 Å². The van der Waals surface area contributed by atoms with Crippen molar-refractivity contribution in [3.05, 3.63) is 65.1 Å². The maximum atomic E-state index is 13.1. The molecule has 0 saturated carbocycles. The number of halogens is 2. The van der Waals surface area contributed by atoms with Crippen molar-refractivity contribution in [2.75, 3.05) is 17.7 Å². The molecule has 0 aliphatic rings. The second kappa shape index (κ2) is 7.99. The van der Waals surface area contributed by atoms with Crippen LogP contribution in [0.1, 0.15) is 0 Å². The summed E-state index contributed by atoms with van der Waals surface area (Å²) in [6, 6.07) is 12.1. The number of carbonyl (C=O) groups is 1. The summed E-state index contributed by atoms with van der Waals surface area (Å²) < 4.78 is 18.1. The van der Waals surface area contributed by atoms with Crippen LogP contribution in [0.2, 0.25) is 5.02 Å². The van der Waals surface area contributed by atoms with Crippen LogP contribution >= 0.6 is 11.6 Å². The molecule has 0 radical (unpaired) electrons. The Bertz CT molecular complexity index is 831. The summed E-state index contributed by atoms with van der Waals surface area (Å²) in [5.41, 5.74) is 0.659. The summed E-state index contributed by atoms with van der Waals surface area (Å²) in [5, 5.41) is 14.7. The molecule has 122 valence electrons. The number of benzene rings is 2. The maximum absolute atomic E-state index is 13.1. The molecule has 0 spiro atoms. The summed E-state index contributed by atoms with van der Waals surface area (Å²) in [7, 11) is 1.48. The second-order valence-electron chi connectivity index (χ2n) is 4.63. The summed E-state index contributed by atoms with van der Waals surface area (Å²) >= 11 is 5.98. The van der Waals surface area contributed by atoms with Crippen LogP contribution in [0.15, 0.2) is 54.2 Å². The fourth-order valence-electron chi connectivity index (χ4n) is 1.82. The van der Waals surface area contributed by atoms with E-state index in [-0.39, 0.29) is 5.57 Å². The highest BCUT2D eigenvalue weighted by atomic mass is 35.5. The first-order chi connectivity index (χ1) is 11.5. The van der Waals surface area contributed by atoms with Gasteiger partial charge in [-0.3, -0.25) is 4.79 Å². The normalized spacial score (nSPS) is 10.7. The molecule has 0 atom stereocenters. The Morgan fingerprint density at radius 2 is 2.08 bits per heavy atom. The molecule has 0 saturated heterocycles. The van der Waals surface area contributed by atoms with Gasteiger partial charge < -0.3 is 15.4 Å². The van der Waals surface area contributed by atoms with Crippen LogP contribution in [-0.4, -0.2) is 13.0 Å². The molecule has 0 aliphatic carbocycles. The van der Waals surface area contributed by atoms with Crippen LogP contribution in [0.3, 0.4) is 0 Å². The standard InChI is InChI=1S/C17H13ClFN3O2/c1-24-16-6-5-14(8-15(16)18)22-17(23)11(9-20)10-21-13-4-2-3-12(19)7-13/h2-8,10,21H,1H3,(H,22,23)/b11-10-. The summed E-state index contributed by atoms with van der Waals surface area (Å²) in [6.07, 6.45) is 1.20. The van der Waals surface area contributed by atoms with Crippen LogP contribution in [0.5, 0.6) is 5.75 Å². The lowest BCUT2D eigenvalue weighted by Crippen LogP contribution is -2.14. The molecule has 1 amide bonds. The van der Waals surface area contributed by atoms with Crippen molar-refractivity contribution in [3.63, 3.8) is 0 Å². The first kappa shape index (κ1) is 17.3. The Kier molecular flexibility index (Phi) is 5.77. The van der Waals surface area contributed by atoms with Gasteiger partial charge in [-0.2, -0.15) is 5.26 Å². The largest absolute Gasteiger partial charge is 0.495 e. The zero-order chi connectivity index (χ0) is 17.5. The molecule has 2 aromatic rings. The number of methoxy groups -OCH3 is 1. The first-order valence-corrected chi connectivity index (χ1v) is 7.18. The second-order valence-corrected chi connectivity index (χ2v) is 5.04. The molecular formula is C17H13ClFN3O2. The van der Waals surface area contributed by atoms with E-state index in [0.717, 1.165) is 0 Å². The molecule has 0 aliphatic heterocycles. The van der Waals surface area contributed by atoms with E-state index in [1.807, 2.05) is 0 Å². The predicted molar refractivity (Wildman–Crippen MR) is 90.4 cm³/mol. The molecule has 0 unspecified atom stereocenters. The lowest BCUT2D eigenvalue weighted by Gasteiger charge is -2.08. The maximum Gasteiger partial charge on any atom is 0.267 e. The Morgan fingerprint density at radius 1 is 1.29 bits per heavy atom. The fraction of sp³-hybridized carbons (Fsp3) is 0.0588. The fourth-order valence-corrected chi connectivity index (χ4v) is 2.08. The number of carbonyl (C=O) groups excluding carboxylic acids is 1. The third kappa shape index (κ3) is 4.48. The van der Waals surface area contributed by atoms with Crippen LogP contribution < -0.4 is 15.4 Å². The van der Waals surface area contributed by atoms with Gasteiger partial charge in [0.05, 0.1) is 12.1 Å². The van der Waals surface area contributed by atoms with E-state index in [1.165, 1.54) is 37.6 Å². The highest BCUT2D eigenvalue weighted by molar-refractivity contribution is 6.32. The van der Waals surface area contributed by atoms with Crippen LogP contribution in [0.25, 0.3) is 0 Å². The minimum absolute atomic E-state index is 0.175. The van der Waals surface area contributed by atoms with Crippen LogP contribution in [-0.2, 0) is 4.79 Å². The number of ether oxygens (including phenoxy) is 1. The number of amides is 1. The number of nitrogens with zero attached hydrogens (tertiary/aromatic N) is 1. The van der Waals surface area contributed by atoms with Crippen molar-refractivity contribution in [1.29, 1.82) is 5.26 Å². The lowest BCUT2D eigenvalue weighted by molar-refractivity contribution is -0.112. The molecule has 0 fully saturated rings. The van der Waals surface area contributed by atoms with Crippen molar-refractivity contribution in [3.8, 4) is 11.8 Å². The van der Waals surface area contributed by atoms with E-state index in [4.69, 9.17) is 21.6 Å². The Labute approximate surface area is 143 Å². The van der Waals surface area contributed by atoms with Gasteiger partial charge in [0.15, 0.2) is 0 Å². The van der Waals surface area contributed by atoms with E-state index in [2.05, 4.69) is 10.6 Å². The topological polar surface area (TPSA) is 74.1 Å². The van der Waals surface area contributed by atoms with Gasteiger partial charge in [-0.1, -0.05) is 17.7 Å². The van der Waals surface area contributed by atoms with Gasteiger partial charge in [0.25, 0.3) is 5.91 Å². The van der Waals surface area contributed by atoms with E-state index in [9.17, 15) is 9.18 Å². The average molecular weight is 346 g/mol. The average Bonchev–Trinajstić information content (AvgIpc) is 2.55. The van der Waals surface area contributed by atoms with Gasteiger partial charge in [0.2, 0.25) is 0 Å². The van der Waals surface area contributed by atoms with E-state index in [0.29, 0.717) is 22.1 Å². The molecule has 2 N–H and O–H groups in total. The molecule has 24 heavy (non-hydrogen) atoms. The molecule has 0 bridgehead atoms. The lowest BCUT2D eigenvalue weighted by atomic mass is 10.2. The molecule has 2 aromatic carbocycles. The third-order valence-electron chi connectivity index (χ3n) is 2.98. The highest BCUT2D eigenvalue weighted by Gasteiger charge is 2.10. The van der Waals surface area contributed by atoms with Gasteiger partial charge in [-0.05, 0) is 36.4 Å².